The average molecular weight is 376 g/mol. The van der Waals surface area contributed by atoms with E-state index in [2.05, 4.69) is 51.6 Å². The molecule has 0 radical (unpaired) electrons. The maximum atomic E-state index is 12.3. The summed E-state index contributed by atoms with van der Waals surface area (Å²) in [6.07, 6.45) is 3.75. The van der Waals surface area contributed by atoms with Crippen molar-refractivity contribution in [2.75, 3.05) is 0 Å². The molecule has 0 amide bonds. The monoisotopic (exact) mass is 376 g/mol. The number of para-hydroxylation sites is 1. The molecule has 0 saturated carbocycles. The van der Waals surface area contributed by atoms with Crippen molar-refractivity contribution in [2.24, 2.45) is 0 Å². The second kappa shape index (κ2) is 7.04. The Morgan fingerprint density at radius 2 is 1.85 bits per heavy atom. The van der Waals surface area contributed by atoms with Gasteiger partial charge in [-0.15, -0.1) is 0 Å². The van der Waals surface area contributed by atoms with Crippen LogP contribution in [-0.4, -0.2) is 19.5 Å². The van der Waals surface area contributed by atoms with Crippen molar-refractivity contribution in [1.82, 2.24) is 19.5 Å². The van der Waals surface area contributed by atoms with E-state index in [1.807, 2.05) is 31.3 Å². The van der Waals surface area contributed by atoms with Crippen LogP contribution >= 0.6 is 11.8 Å². The second-order valence-corrected chi connectivity index (χ2v) is 7.96. The molecule has 4 rings (SSSR count). The number of nitrogens with zero attached hydrogens (tertiary/aromatic N) is 3. The lowest BCUT2D eigenvalue weighted by atomic mass is 10.1. The highest BCUT2D eigenvalue weighted by Crippen LogP contribution is 2.33. The number of aromatic amines is 1. The van der Waals surface area contributed by atoms with Crippen molar-refractivity contribution in [1.29, 1.82) is 0 Å². The van der Waals surface area contributed by atoms with Gasteiger partial charge in [-0.3, -0.25) is 9.36 Å². The summed E-state index contributed by atoms with van der Waals surface area (Å²) >= 11 is 1.57. The first-order chi connectivity index (χ1) is 13.0. The fraction of sp³-hybridized carbons (Fsp3) is 0.190. The summed E-state index contributed by atoms with van der Waals surface area (Å²) in [5.74, 6) is 0.652. The molecule has 2 aromatic carbocycles. The molecule has 0 saturated heterocycles. The zero-order valence-corrected chi connectivity index (χ0v) is 16.2. The number of imidazole rings is 1. The van der Waals surface area contributed by atoms with Crippen LogP contribution in [-0.2, 0) is 0 Å². The van der Waals surface area contributed by atoms with Crippen molar-refractivity contribution in [2.45, 2.75) is 31.2 Å². The van der Waals surface area contributed by atoms with Crippen LogP contribution in [0.4, 0.5) is 0 Å². The summed E-state index contributed by atoms with van der Waals surface area (Å²) < 4.78 is 2.07. The van der Waals surface area contributed by atoms with Crippen LogP contribution in [0.25, 0.3) is 16.6 Å². The number of H-pyrrole nitrogens is 1. The summed E-state index contributed by atoms with van der Waals surface area (Å²) in [4.78, 5) is 24.4. The van der Waals surface area contributed by atoms with Crippen LogP contribution in [0.1, 0.15) is 29.1 Å². The molecule has 0 aliphatic heterocycles. The second-order valence-electron chi connectivity index (χ2n) is 6.65. The molecule has 136 valence electrons. The standard InChI is InChI=1S/C21H20N4OS/c1-13-10-14(2)12-16(11-13)25-9-8-22-21(25)27-15(3)19-23-18-7-5-4-6-17(18)20(26)24-19/h4-12,15H,1-3H3,(H,23,24,26)/t15-/m1/s1. The lowest BCUT2D eigenvalue weighted by Crippen LogP contribution is -2.13. The Kier molecular flexibility index (Phi) is 4.58. The Morgan fingerprint density at radius 3 is 2.63 bits per heavy atom. The zero-order valence-electron chi connectivity index (χ0n) is 15.4. The molecule has 0 unspecified atom stereocenters. The third-order valence-electron chi connectivity index (χ3n) is 4.39. The van der Waals surface area contributed by atoms with Gasteiger partial charge in [-0.25, -0.2) is 9.97 Å². The zero-order chi connectivity index (χ0) is 19.0. The molecule has 0 spiro atoms. The smallest absolute Gasteiger partial charge is 0.258 e. The molecular weight excluding hydrogens is 356 g/mol. The van der Waals surface area contributed by atoms with Gasteiger partial charge in [0, 0.05) is 18.1 Å². The molecule has 1 atom stereocenters. The van der Waals surface area contributed by atoms with Crippen LogP contribution in [0.2, 0.25) is 0 Å². The lowest BCUT2D eigenvalue weighted by molar-refractivity contribution is 0.868. The average Bonchev–Trinajstić information content (AvgIpc) is 3.09. The van der Waals surface area contributed by atoms with Crippen LogP contribution in [0.15, 0.2) is 64.8 Å². The van der Waals surface area contributed by atoms with Gasteiger partial charge < -0.3 is 4.98 Å². The highest BCUT2D eigenvalue weighted by molar-refractivity contribution is 7.99. The van der Waals surface area contributed by atoms with Crippen molar-refractivity contribution in [3.8, 4) is 5.69 Å². The van der Waals surface area contributed by atoms with Gasteiger partial charge in [0.1, 0.15) is 5.82 Å². The number of fused-ring (bicyclic) bond motifs is 1. The third-order valence-corrected chi connectivity index (χ3v) is 5.48. The van der Waals surface area contributed by atoms with Crippen molar-refractivity contribution in [3.63, 3.8) is 0 Å². The van der Waals surface area contributed by atoms with Gasteiger partial charge in [0.15, 0.2) is 5.16 Å². The number of aryl methyl sites for hydroxylation is 2. The van der Waals surface area contributed by atoms with Crippen LogP contribution in [0.5, 0.6) is 0 Å². The van der Waals surface area contributed by atoms with Gasteiger partial charge in [-0.1, -0.05) is 30.0 Å². The van der Waals surface area contributed by atoms with Gasteiger partial charge >= 0.3 is 0 Å². The summed E-state index contributed by atoms with van der Waals surface area (Å²) in [5, 5.41) is 1.42. The molecule has 0 aliphatic carbocycles. The molecule has 0 fully saturated rings. The fourth-order valence-electron chi connectivity index (χ4n) is 3.17. The van der Waals surface area contributed by atoms with E-state index in [1.165, 1.54) is 11.1 Å². The van der Waals surface area contributed by atoms with E-state index >= 15 is 0 Å². The molecule has 4 aromatic rings. The topological polar surface area (TPSA) is 63.6 Å². The number of benzene rings is 2. The Morgan fingerprint density at radius 1 is 1.11 bits per heavy atom. The summed E-state index contributed by atoms with van der Waals surface area (Å²) in [7, 11) is 0. The third kappa shape index (κ3) is 3.53. The van der Waals surface area contributed by atoms with E-state index in [4.69, 9.17) is 0 Å². The number of nitrogens with one attached hydrogen (secondary N) is 1. The predicted molar refractivity (Wildman–Crippen MR) is 110 cm³/mol. The van der Waals surface area contributed by atoms with E-state index in [-0.39, 0.29) is 10.8 Å². The summed E-state index contributed by atoms with van der Waals surface area (Å²) in [6.45, 7) is 6.21. The quantitative estimate of drug-likeness (QED) is 0.530. The highest BCUT2D eigenvalue weighted by Gasteiger charge is 2.16. The van der Waals surface area contributed by atoms with E-state index in [1.54, 1.807) is 24.0 Å². The first-order valence-electron chi connectivity index (χ1n) is 8.79. The minimum Gasteiger partial charge on any atom is -0.309 e. The van der Waals surface area contributed by atoms with Crippen LogP contribution in [0, 0.1) is 13.8 Å². The molecule has 5 nitrogen and oxygen atoms in total. The van der Waals surface area contributed by atoms with Gasteiger partial charge in [0.25, 0.3) is 5.56 Å². The number of hydrogen-bond donors (Lipinski definition) is 1. The maximum absolute atomic E-state index is 12.3. The number of rotatable bonds is 4. The predicted octanol–water partition coefficient (Wildman–Crippen LogP) is 4.58. The van der Waals surface area contributed by atoms with Crippen molar-refractivity contribution >= 4 is 22.7 Å². The molecule has 0 bridgehead atoms. The largest absolute Gasteiger partial charge is 0.309 e. The van der Waals surface area contributed by atoms with E-state index < -0.39 is 0 Å². The molecular formula is C21H20N4OS. The van der Waals surface area contributed by atoms with Gasteiger partial charge in [-0.05, 0) is 56.2 Å². The minimum atomic E-state index is -0.110. The van der Waals surface area contributed by atoms with Crippen molar-refractivity contribution in [3.05, 3.63) is 82.2 Å². The molecule has 1 N–H and O–H groups in total. The number of aromatic nitrogens is 4. The Labute approximate surface area is 161 Å². The summed E-state index contributed by atoms with van der Waals surface area (Å²) in [5.41, 5.74) is 4.10. The number of hydrogen-bond acceptors (Lipinski definition) is 4. The maximum Gasteiger partial charge on any atom is 0.258 e. The molecule has 6 heteroatoms. The molecule has 0 aliphatic rings. The minimum absolute atomic E-state index is 0.0469. The Balaban J connectivity index is 1.67. The van der Waals surface area contributed by atoms with Gasteiger partial charge in [0.05, 0.1) is 16.2 Å². The van der Waals surface area contributed by atoms with Crippen LogP contribution in [0.3, 0.4) is 0 Å². The van der Waals surface area contributed by atoms with E-state index in [0.717, 1.165) is 10.8 Å². The Hall–Kier alpha value is -2.86. The van der Waals surface area contributed by atoms with Gasteiger partial charge in [0.2, 0.25) is 0 Å². The SMILES string of the molecule is Cc1cc(C)cc(-n2ccnc2S[C@H](C)c2nc3ccccc3c(=O)[nH]2)c1. The van der Waals surface area contributed by atoms with Crippen molar-refractivity contribution < 1.29 is 0 Å². The van der Waals surface area contributed by atoms with Crippen LogP contribution < -0.4 is 5.56 Å². The first kappa shape index (κ1) is 17.5. The Bertz CT molecular complexity index is 1160. The fourth-order valence-corrected chi connectivity index (χ4v) is 4.12. The molecule has 2 heterocycles. The summed E-state index contributed by atoms with van der Waals surface area (Å²) in [6, 6.07) is 13.8. The number of thioether (sulfide) groups is 1. The first-order valence-corrected chi connectivity index (χ1v) is 9.67. The lowest BCUT2D eigenvalue weighted by Gasteiger charge is -2.13. The highest BCUT2D eigenvalue weighted by atomic mass is 32.2. The normalized spacial score (nSPS) is 12.4. The van der Waals surface area contributed by atoms with Gasteiger partial charge in [-0.2, -0.15) is 0 Å². The molecule has 27 heavy (non-hydrogen) atoms. The van der Waals surface area contributed by atoms with E-state index in [0.29, 0.717) is 16.7 Å². The van der Waals surface area contributed by atoms with E-state index in [9.17, 15) is 4.79 Å². The molecule has 2 aromatic heterocycles.